The van der Waals surface area contributed by atoms with Crippen LogP contribution in [0, 0.1) is 24.3 Å². The molecule has 4 aliphatic rings. The van der Waals surface area contributed by atoms with Crippen molar-refractivity contribution in [3.63, 3.8) is 0 Å². The molecule has 30 heavy (non-hydrogen) atoms. The molecule has 0 spiro atoms. The smallest absolute Gasteiger partial charge is 0.109 e. The van der Waals surface area contributed by atoms with Crippen LogP contribution in [0.3, 0.4) is 0 Å². The Kier molecular flexibility index (Phi) is 44.3. The Labute approximate surface area is 237 Å². The van der Waals surface area contributed by atoms with Gasteiger partial charge in [-0.2, -0.15) is 24.3 Å². The Morgan fingerprint density at radius 3 is 0.700 bits per heavy atom. The van der Waals surface area contributed by atoms with Gasteiger partial charge in [-0.1, -0.05) is 0 Å². The van der Waals surface area contributed by atoms with Gasteiger partial charge in [-0.05, 0) is 0 Å². The van der Waals surface area contributed by atoms with E-state index in [2.05, 4.69) is 74.8 Å². The van der Waals surface area contributed by atoms with E-state index < -0.39 is 0 Å². The van der Waals surface area contributed by atoms with E-state index in [1.165, 1.54) is 46.0 Å². The predicted octanol–water partition coefficient (Wildman–Crippen LogP) is 7.95. The van der Waals surface area contributed by atoms with Crippen LogP contribution in [0.25, 0.3) is 0 Å². The Hall–Kier alpha value is 1.05. The first-order valence-corrected chi connectivity index (χ1v) is 25.1. The third-order valence-corrected chi connectivity index (χ3v) is 2.34. The van der Waals surface area contributed by atoms with Crippen molar-refractivity contribution in [1.29, 1.82) is 0 Å². The first-order chi connectivity index (χ1) is 13.5. The van der Waals surface area contributed by atoms with Gasteiger partial charge in [0.05, 0.1) is 0 Å². The Morgan fingerprint density at radius 1 is 0.500 bits per heavy atom. The molecule has 0 heterocycles. The minimum Gasteiger partial charge on any atom is -0.273 e. The second-order valence-electron chi connectivity index (χ2n) is 6.01. The van der Waals surface area contributed by atoms with Crippen molar-refractivity contribution in [1.82, 2.24) is 0 Å². The van der Waals surface area contributed by atoms with E-state index in [1.807, 2.05) is 48.6 Å². The number of rotatable bonds is 0. The van der Waals surface area contributed by atoms with Gasteiger partial charge in [0.15, 0.2) is 0 Å². The normalized spacial score (nSPS) is 13.6. The summed E-state index contributed by atoms with van der Waals surface area (Å²) in [7, 11) is 0. The molecule has 0 saturated heterocycles. The number of allylic oxidation sites excluding steroid dienone is 16. The summed E-state index contributed by atoms with van der Waals surface area (Å²) in [4.78, 5) is 0. The molecule has 0 saturated carbocycles. The fourth-order valence-electron chi connectivity index (χ4n) is 1.36. The maximum atomic E-state index is 2.99. The summed E-state index contributed by atoms with van der Waals surface area (Å²) in [6.45, 7) is 9.32. The third kappa shape index (κ3) is 51.6. The molecule has 160 valence electrons. The molecule has 0 bridgehead atoms. The van der Waals surface area contributed by atoms with Gasteiger partial charge in [-0.3, -0.25) is 24.3 Å². The first kappa shape index (κ1) is 38.3. The number of hydrogen-bond acceptors (Lipinski definition) is 0. The summed E-state index contributed by atoms with van der Waals surface area (Å²) in [6, 6.07) is 0. The van der Waals surface area contributed by atoms with Crippen molar-refractivity contribution >= 4 is 45.0 Å². The molecule has 0 unspecified atom stereocenters. The van der Waals surface area contributed by atoms with Crippen LogP contribution >= 0.6 is 34.0 Å². The number of hydrogen-bond donors (Lipinski definition) is 0. The summed E-state index contributed by atoms with van der Waals surface area (Å²) < 4.78 is 0. The molecule has 0 aliphatic heterocycles. The van der Waals surface area contributed by atoms with Crippen LogP contribution in [0.1, 0.15) is 25.7 Å². The van der Waals surface area contributed by atoms with Crippen LogP contribution in [0.5, 0.6) is 0 Å². The second-order valence-corrected chi connectivity index (χ2v) is 31.6. The first-order valence-electron chi connectivity index (χ1n) is 9.37. The van der Waals surface area contributed by atoms with Gasteiger partial charge in [0.2, 0.25) is 0 Å². The van der Waals surface area contributed by atoms with E-state index in [0.29, 0.717) is 0 Å². The molecular formula is C24H34Br2Hf2Si2. The van der Waals surface area contributed by atoms with Crippen molar-refractivity contribution in [3.8, 4) is 0 Å². The Morgan fingerprint density at radius 2 is 0.667 bits per heavy atom. The summed E-state index contributed by atoms with van der Waals surface area (Å²) in [5.41, 5.74) is 0.519. The molecule has 4 rings (SSSR count). The van der Waals surface area contributed by atoms with Crippen molar-refractivity contribution in [3.05, 3.63) is 97.2 Å². The molecule has 0 atom stereocenters. The van der Waals surface area contributed by atoms with Gasteiger partial charge in [0.1, 0.15) is 0 Å². The SMILES string of the molecule is Br.Br.C[Si](C)=[Hf+2].C[Si](C)=[Hf+2].[C-]1=CC=CC1.[C-]1=CC=CC1.[C-]1=CC=CC1.[C-]1=CC=CC1. The molecule has 0 nitrogen and oxygen atoms in total. The van der Waals surface area contributed by atoms with E-state index in [-0.39, 0.29) is 45.0 Å². The maximum absolute atomic E-state index is 2.99. The quantitative estimate of drug-likeness (QED) is 0.171. The van der Waals surface area contributed by atoms with Crippen LogP contribution in [0.4, 0.5) is 0 Å². The van der Waals surface area contributed by atoms with E-state index >= 15 is 0 Å². The van der Waals surface area contributed by atoms with E-state index in [4.69, 9.17) is 0 Å². The van der Waals surface area contributed by atoms with E-state index in [1.54, 1.807) is 0 Å². The molecule has 0 N–H and O–H groups in total. The average Bonchev–Trinajstić information content (AvgIpc) is 3.52. The largest absolute Gasteiger partial charge is 0.273 e. The zero-order valence-electron chi connectivity index (χ0n) is 18.6. The van der Waals surface area contributed by atoms with Crippen molar-refractivity contribution < 1.29 is 46.0 Å². The van der Waals surface area contributed by atoms with Gasteiger partial charge in [-0.25, -0.2) is 48.6 Å². The Bertz CT molecular complexity index is 494. The van der Waals surface area contributed by atoms with Crippen molar-refractivity contribution in [2.45, 2.75) is 51.9 Å². The van der Waals surface area contributed by atoms with Crippen LogP contribution in [-0.4, -0.2) is 11.0 Å². The van der Waals surface area contributed by atoms with Gasteiger partial charge in [0, 0.05) is 0 Å². The van der Waals surface area contributed by atoms with Gasteiger partial charge < -0.3 is 0 Å². The van der Waals surface area contributed by atoms with Crippen molar-refractivity contribution in [2.75, 3.05) is 0 Å². The van der Waals surface area contributed by atoms with E-state index in [9.17, 15) is 0 Å². The molecule has 6 heteroatoms. The molecule has 0 radical (unpaired) electrons. The summed E-state index contributed by atoms with van der Waals surface area (Å²) in [6.07, 6.45) is 40.0. The topological polar surface area (TPSA) is 0 Å². The number of halogens is 2. The Balaban J connectivity index is -0.000000134. The van der Waals surface area contributed by atoms with Gasteiger partial charge in [-0.15, -0.1) is 59.6 Å². The second kappa shape index (κ2) is 34.7. The molecule has 0 fully saturated rings. The van der Waals surface area contributed by atoms with Gasteiger partial charge in [0.25, 0.3) is 0 Å². The zero-order valence-corrected chi connectivity index (χ0v) is 31.2. The molecule has 0 aromatic carbocycles. The fraction of sp³-hybridized carbons (Fsp3) is 0.333. The third-order valence-electron chi connectivity index (χ3n) is 2.34. The van der Waals surface area contributed by atoms with E-state index in [0.717, 1.165) is 25.7 Å². The summed E-state index contributed by atoms with van der Waals surface area (Å²) in [5, 5.41) is 0. The summed E-state index contributed by atoms with van der Waals surface area (Å²) in [5.74, 6) is 0. The summed E-state index contributed by atoms with van der Waals surface area (Å²) >= 11 is 2.90. The monoisotopic (exact) mass is 896 g/mol. The van der Waals surface area contributed by atoms with Crippen LogP contribution in [0.15, 0.2) is 72.9 Å². The minimum atomic E-state index is 0. The molecule has 0 amide bonds. The van der Waals surface area contributed by atoms with Crippen LogP contribution in [0.2, 0.25) is 26.2 Å². The minimum absolute atomic E-state index is 0. The molecule has 0 aromatic rings. The fourth-order valence-corrected chi connectivity index (χ4v) is 1.36. The maximum Gasteiger partial charge on any atom is -0.109 e. The molecular weight excluding hydrogens is 861 g/mol. The van der Waals surface area contributed by atoms with Crippen LogP contribution in [-0.2, 0) is 46.0 Å². The predicted molar refractivity (Wildman–Crippen MR) is 142 cm³/mol. The standard InChI is InChI=1S/4C5H5.2C2H6Si.2BrH.2Hf/c4*1-2-4-5-3-1;2*1-3-2;;;;/h4*1-3H,4H2;2*1-2H3;2*1H;;/q4*-1;;;;;2*+2. The van der Waals surface area contributed by atoms with Crippen LogP contribution < -0.4 is 0 Å². The molecule has 4 aliphatic carbocycles. The zero-order chi connectivity index (χ0) is 21.3. The molecule has 0 aromatic heterocycles. The van der Waals surface area contributed by atoms with Crippen molar-refractivity contribution in [2.24, 2.45) is 0 Å². The van der Waals surface area contributed by atoms with Gasteiger partial charge >= 0.3 is 83.2 Å². The average molecular weight is 895 g/mol.